The first kappa shape index (κ1) is 20.2. The predicted molar refractivity (Wildman–Crippen MR) is 121 cm³/mol. The Hall–Kier alpha value is -2.75. The normalized spacial score (nSPS) is 16.1. The highest BCUT2D eigenvalue weighted by molar-refractivity contribution is 7.99. The third-order valence-corrected chi connectivity index (χ3v) is 6.83. The number of hydrogen-bond donors (Lipinski definition) is 0. The summed E-state index contributed by atoms with van der Waals surface area (Å²) in [5.41, 5.74) is 1.74. The number of para-hydroxylation sites is 1. The van der Waals surface area contributed by atoms with Crippen LogP contribution in [-0.2, 0) is 9.53 Å². The Labute approximate surface area is 187 Å². The largest absolute Gasteiger partial charge is 0.411 e. The van der Waals surface area contributed by atoms with Crippen LogP contribution >= 0.6 is 23.1 Å². The van der Waals surface area contributed by atoms with Crippen LogP contribution in [0.2, 0.25) is 0 Å². The number of fused-ring (bicyclic) bond motifs is 1. The highest BCUT2D eigenvalue weighted by Crippen LogP contribution is 2.31. The zero-order valence-corrected chi connectivity index (χ0v) is 18.3. The minimum absolute atomic E-state index is 0.0362. The van der Waals surface area contributed by atoms with Crippen LogP contribution in [0.1, 0.15) is 12.8 Å². The smallest absolute Gasteiger partial charge is 0.277 e. The first-order chi connectivity index (χ1) is 15.3. The molecule has 9 heteroatoms. The fraction of sp³-hybridized carbons (Fsp3) is 0.273. The van der Waals surface area contributed by atoms with Gasteiger partial charge in [0, 0.05) is 12.2 Å². The molecule has 0 saturated carbocycles. The number of rotatable bonds is 7. The van der Waals surface area contributed by atoms with E-state index in [9.17, 15) is 4.79 Å². The number of thioether (sulfide) groups is 1. The van der Waals surface area contributed by atoms with Gasteiger partial charge in [0.2, 0.25) is 11.8 Å². The van der Waals surface area contributed by atoms with Crippen molar-refractivity contribution in [3.8, 4) is 11.5 Å². The van der Waals surface area contributed by atoms with Gasteiger partial charge in [0.25, 0.3) is 5.22 Å². The van der Waals surface area contributed by atoms with Crippen molar-refractivity contribution in [1.29, 1.82) is 0 Å². The fourth-order valence-corrected chi connectivity index (χ4v) is 5.05. The van der Waals surface area contributed by atoms with Crippen molar-refractivity contribution in [3.05, 3.63) is 54.6 Å². The number of benzene rings is 2. The van der Waals surface area contributed by atoms with Crippen LogP contribution in [0.25, 0.3) is 21.7 Å². The Morgan fingerprint density at radius 2 is 1.97 bits per heavy atom. The average Bonchev–Trinajstić information content (AvgIpc) is 3.57. The maximum absolute atomic E-state index is 13.2. The molecule has 1 saturated heterocycles. The minimum atomic E-state index is -0.0565. The maximum atomic E-state index is 13.2. The van der Waals surface area contributed by atoms with E-state index in [0.717, 1.165) is 35.2 Å². The number of carbonyl (C=O) groups is 1. The number of carbonyl (C=O) groups excluding carboxylic acids is 1. The number of ether oxygens (including phenoxy) is 1. The van der Waals surface area contributed by atoms with E-state index in [-0.39, 0.29) is 17.8 Å². The molecular formula is C22H20N4O3S2. The molecule has 7 nitrogen and oxygen atoms in total. The molecule has 1 amide bonds. The van der Waals surface area contributed by atoms with Crippen molar-refractivity contribution in [2.45, 2.75) is 24.2 Å². The van der Waals surface area contributed by atoms with E-state index in [1.165, 1.54) is 23.1 Å². The molecule has 1 aliphatic heterocycles. The standard InChI is InChI=1S/C22H20N4O3S2/c27-19(14-30-22-25-24-20(29-22)15-7-2-1-3-8-15)26(13-16-9-6-12-28-16)21-23-17-10-4-5-11-18(17)31-21/h1-5,7-8,10-11,16H,6,9,12-14H2/t16-/m1/s1. The van der Waals surface area contributed by atoms with Gasteiger partial charge in [-0.2, -0.15) is 0 Å². The van der Waals surface area contributed by atoms with Gasteiger partial charge in [-0.05, 0) is 37.1 Å². The molecule has 1 fully saturated rings. The van der Waals surface area contributed by atoms with E-state index >= 15 is 0 Å². The van der Waals surface area contributed by atoms with E-state index in [1.54, 1.807) is 4.90 Å². The second kappa shape index (κ2) is 9.17. The highest BCUT2D eigenvalue weighted by atomic mass is 32.2. The first-order valence-corrected chi connectivity index (χ1v) is 11.9. The van der Waals surface area contributed by atoms with E-state index in [1.807, 2.05) is 54.6 Å². The van der Waals surface area contributed by atoms with Crippen LogP contribution in [-0.4, -0.2) is 46.1 Å². The molecule has 1 aliphatic rings. The molecule has 2 aromatic heterocycles. The van der Waals surface area contributed by atoms with Crippen molar-refractivity contribution in [1.82, 2.24) is 15.2 Å². The lowest BCUT2D eigenvalue weighted by Crippen LogP contribution is -2.38. The van der Waals surface area contributed by atoms with Gasteiger partial charge in [-0.3, -0.25) is 9.69 Å². The summed E-state index contributed by atoms with van der Waals surface area (Å²) in [4.78, 5) is 19.6. The third kappa shape index (κ3) is 4.63. The van der Waals surface area contributed by atoms with Gasteiger partial charge in [-0.1, -0.05) is 53.4 Å². The number of hydrogen-bond acceptors (Lipinski definition) is 8. The molecule has 0 radical (unpaired) electrons. The van der Waals surface area contributed by atoms with Gasteiger partial charge in [0.1, 0.15) is 0 Å². The van der Waals surface area contributed by atoms with Crippen LogP contribution in [0.5, 0.6) is 0 Å². The van der Waals surface area contributed by atoms with Crippen LogP contribution < -0.4 is 4.90 Å². The van der Waals surface area contributed by atoms with E-state index in [2.05, 4.69) is 15.2 Å². The van der Waals surface area contributed by atoms with Crippen molar-refractivity contribution < 1.29 is 13.9 Å². The highest BCUT2D eigenvalue weighted by Gasteiger charge is 2.26. The lowest BCUT2D eigenvalue weighted by molar-refractivity contribution is -0.116. The second-order valence-electron chi connectivity index (χ2n) is 7.13. The van der Waals surface area contributed by atoms with E-state index in [0.29, 0.717) is 22.8 Å². The molecule has 4 aromatic rings. The number of amides is 1. The van der Waals surface area contributed by atoms with Crippen molar-refractivity contribution >= 4 is 44.4 Å². The summed E-state index contributed by atoms with van der Waals surface area (Å²) in [5, 5.41) is 9.22. The van der Waals surface area contributed by atoms with E-state index < -0.39 is 0 Å². The topological polar surface area (TPSA) is 81.4 Å². The minimum Gasteiger partial charge on any atom is -0.411 e. The molecule has 5 rings (SSSR count). The number of anilines is 1. The van der Waals surface area contributed by atoms with Crippen LogP contribution in [0.15, 0.2) is 64.2 Å². The molecule has 0 unspecified atom stereocenters. The lowest BCUT2D eigenvalue weighted by Gasteiger charge is -2.22. The zero-order valence-electron chi connectivity index (χ0n) is 16.6. The summed E-state index contributed by atoms with van der Waals surface area (Å²) in [6, 6.07) is 17.5. The quantitative estimate of drug-likeness (QED) is 0.378. The Balaban J connectivity index is 1.31. The molecule has 0 N–H and O–H groups in total. The summed E-state index contributed by atoms with van der Waals surface area (Å²) >= 11 is 2.75. The third-order valence-electron chi connectivity index (χ3n) is 4.97. The van der Waals surface area contributed by atoms with Gasteiger partial charge in [0.15, 0.2) is 5.13 Å². The SMILES string of the molecule is O=C(CSc1nnc(-c2ccccc2)o1)N(C[C@H]1CCCO1)c1nc2ccccc2s1. The first-order valence-electron chi connectivity index (χ1n) is 10.1. The van der Waals surface area contributed by atoms with Gasteiger partial charge in [-0.25, -0.2) is 4.98 Å². The fourth-order valence-electron chi connectivity index (χ4n) is 3.42. The second-order valence-corrected chi connectivity index (χ2v) is 9.07. The molecule has 0 aliphatic carbocycles. The van der Waals surface area contributed by atoms with Gasteiger partial charge >= 0.3 is 0 Å². The van der Waals surface area contributed by atoms with Crippen LogP contribution in [0.3, 0.4) is 0 Å². The maximum Gasteiger partial charge on any atom is 0.277 e. The molecule has 0 bridgehead atoms. The lowest BCUT2D eigenvalue weighted by atomic mass is 10.2. The van der Waals surface area contributed by atoms with Gasteiger partial charge in [-0.15, -0.1) is 10.2 Å². The molecule has 0 spiro atoms. The molecule has 31 heavy (non-hydrogen) atoms. The van der Waals surface area contributed by atoms with Crippen molar-refractivity contribution in [3.63, 3.8) is 0 Å². The van der Waals surface area contributed by atoms with E-state index in [4.69, 9.17) is 9.15 Å². The van der Waals surface area contributed by atoms with Gasteiger partial charge < -0.3 is 9.15 Å². The number of thiazole rings is 1. The Bertz CT molecular complexity index is 1140. The number of nitrogens with zero attached hydrogens (tertiary/aromatic N) is 4. The summed E-state index contributed by atoms with van der Waals surface area (Å²) in [6.45, 7) is 1.24. The summed E-state index contributed by atoms with van der Waals surface area (Å²) in [6.07, 6.45) is 2.01. The average molecular weight is 453 g/mol. The monoisotopic (exact) mass is 452 g/mol. The molecule has 1 atom stereocenters. The Morgan fingerprint density at radius 3 is 2.77 bits per heavy atom. The Morgan fingerprint density at radius 1 is 1.13 bits per heavy atom. The van der Waals surface area contributed by atoms with Gasteiger partial charge in [0.05, 0.1) is 28.6 Å². The zero-order chi connectivity index (χ0) is 21.0. The summed E-state index contributed by atoms with van der Waals surface area (Å²) in [5.74, 6) is 0.566. The molecule has 3 heterocycles. The molecule has 158 valence electrons. The Kier molecular flexibility index (Phi) is 5.97. The molecule has 2 aromatic carbocycles. The van der Waals surface area contributed by atoms with Crippen molar-refractivity contribution in [2.24, 2.45) is 0 Å². The van der Waals surface area contributed by atoms with Crippen molar-refractivity contribution in [2.75, 3.05) is 23.8 Å². The van der Waals surface area contributed by atoms with Crippen LogP contribution in [0.4, 0.5) is 5.13 Å². The predicted octanol–water partition coefficient (Wildman–Crippen LogP) is 4.65. The summed E-state index contributed by atoms with van der Waals surface area (Å²) in [7, 11) is 0. The molecular weight excluding hydrogens is 432 g/mol. The van der Waals surface area contributed by atoms with Crippen LogP contribution in [0, 0.1) is 0 Å². The number of aromatic nitrogens is 3. The summed E-state index contributed by atoms with van der Waals surface area (Å²) < 4.78 is 12.6.